The number of carbonyl (C=O) groups is 2. The number of nitrogens with one attached hydrogen (secondary N) is 1. The Bertz CT molecular complexity index is 681. The summed E-state index contributed by atoms with van der Waals surface area (Å²) in [5, 5.41) is 4.92. The van der Waals surface area contributed by atoms with Crippen molar-refractivity contribution >= 4 is 28.2 Å². The molecule has 0 aliphatic heterocycles. The summed E-state index contributed by atoms with van der Waals surface area (Å²) in [5.74, 6) is -0.118. The lowest BCUT2D eigenvalue weighted by Gasteiger charge is -2.19. The van der Waals surface area contributed by atoms with Gasteiger partial charge in [0.25, 0.3) is 0 Å². The van der Waals surface area contributed by atoms with E-state index in [2.05, 4.69) is 5.32 Å². The van der Waals surface area contributed by atoms with Crippen molar-refractivity contribution in [3.63, 3.8) is 0 Å². The number of hydrogen-bond donors (Lipinski definition) is 1. The number of anilines is 1. The topological polar surface area (TPSA) is 55.4 Å². The van der Waals surface area contributed by atoms with Gasteiger partial charge in [0.15, 0.2) is 5.78 Å². The van der Waals surface area contributed by atoms with E-state index in [0.29, 0.717) is 16.1 Å². The van der Waals surface area contributed by atoms with E-state index in [9.17, 15) is 9.59 Å². The third-order valence-corrected chi connectivity index (χ3v) is 3.67. The fraction of sp³-hybridized carbons (Fsp3) is 0.294. The van der Waals surface area contributed by atoms with Crippen LogP contribution in [0, 0.1) is 6.92 Å². The van der Waals surface area contributed by atoms with Crippen molar-refractivity contribution in [1.82, 2.24) is 0 Å². The molecule has 2 rings (SSSR count). The Hall–Kier alpha value is -2.14. The highest BCUT2D eigenvalue weighted by atomic mass is 32.1. The van der Waals surface area contributed by atoms with Gasteiger partial charge in [0.1, 0.15) is 10.6 Å². The summed E-state index contributed by atoms with van der Waals surface area (Å²) < 4.78 is 5.21. The maximum Gasteiger partial charge on any atom is 0.412 e. The SMILES string of the molecule is Cc1ccc(C(=O)c2ccsc2NC(=O)OC(C)(C)C)cc1. The zero-order valence-corrected chi connectivity index (χ0v) is 13.9. The molecule has 0 aliphatic carbocycles. The van der Waals surface area contributed by atoms with Crippen molar-refractivity contribution in [2.75, 3.05) is 5.32 Å². The van der Waals surface area contributed by atoms with E-state index in [0.717, 1.165) is 5.56 Å². The standard InChI is InChI=1S/C17H19NO3S/c1-11-5-7-12(8-6-11)14(19)13-9-10-22-15(13)18-16(20)21-17(2,3)4/h5-10H,1-4H3,(H,18,20). The normalized spacial score (nSPS) is 11.1. The van der Waals surface area contributed by atoms with Gasteiger partial charge in [0.2, 0.25) is 0 Å². The van der Waals surface area contributed by atoms with Gasteiger partial charge in [-0.3, -0.25) is 10.1 Å². The summed E-state index contributed by atoms with van der Waals surface area (Å²) in [6, 6.07) is 9.06. The van der Waals surface area contributed by atoms with Crippen LogP contribution in [0.2, 0.25) is 0 Å². The summed E-state index contributed by atoms with van der Waals surface area (Å²) >= 11 is 1.30. The molecule has 5 heteroatoms. The quantitative estimate of drug-likeness (QED) is 0.839. The van der Waals surface area contributed by atoms with Gasteiger partial charge in [-0.15, -0.1) is 11.3 Å². The van der Waals surface area contributed by atoms with Crippen molar-refractivity contribution < 1.29 is 14.3 Å². The molecule has 22 heavy (non-hydrogen) atoms. The zero-order chi connectivity index (χ0) is 16.3. The molecule has 0 atom stereocenters. The van der Waals surface area contributed by atoms with E-state index in [1.165, 1.54) is 11.3 Å². The van der Waals surface area contributed by atoms with E-state index in [-0.39, 0.29) is 5.78 Å². The van der Waals surface area contributed by atoms with Crippen LogP contribution in [0.25, 0.3) is 0 Å². The molecule has 1 aromatic heterocycles. The Balaban J connectivity index is 2.17. The number of ketones is 1. The smallest absolute Gasteiger partial charge is 0.412 e. The molecule has 0 bridgehead atoms. The summed E-state index contributed by atoms with van der Waals surface area (Å²) in [4.78, 5) is 24.4. The molecule has 1 amide bonds. The Morgan fingerprint density at radius 1 is 1.09 bits per heavy atom. The van der Waals surface area contributed by atoms with Gasteiger partial charge in [-0.25, -0.2) is 4.79 Å². The predicted molar refractivity (Wildman–Crippen MR) is 88.8 cm³/mol. The van der Waals surface area contributed by atoms with Crippen LogP contribution in [-0.2, 0) is 4.74 Å². The molecular formula is C17H19NO3S. The number of carbonyl (C=O) groups excluding carboxylic acids is 2. The summed E-state index contributed by atoms with van der Waals surface area (Å²) in [7, 11) is 0. The highest BCUT2D eigenvalue weighted by molar-refractivity contribution is 7.14. The van der Waals surface area contributed by atoms with Crippen LogP contribution in [0.3, 0.4) is 0 Å². The molecule has 0 spiro atoms. The first-order chi connectivity index (χ1) is 10.3. The molecule has 0 saturated heterocycles. The Labute approximate surface area is 134 Å². The maximum atomic E-state index is 12.5. The molecule has 4 nitrogen and oxygen atoms in total. The minimum absolute atomic E-state index is 0.118. The summed E-state index contributed by atoms with van der Waals surface area (Å²) in [5.41, 5.74) is 1.58. The van der Waals surface area contributed by atoms with Gasteiger partial charge in [-0.2, -0.15) is 0 Å². The van der Waals surface area contributed by atoms with E-state index in [1.807, 2.05) is 19.1 Å². The molecule has 1 heterocycles. The summed E-state index contributed by atoms with van der Waals surface area (Å²) in [6.45, 7) is 7.34. The van der Waals surface area contributed by atoms with E-state index >= 15 is 0 Å². The fourth-order valence-corrected chi connectivity index (χ4v) is 2.61. The average Bonchev–Trinajstić information content (AvgIpc) is 2.84. The largest absolute Gasteiger partial charge is 0.444 e. The third kappa shape index (κ3) is 4.18. The van der Waals surface area contributed by atoms with Crippen LogP contribution in [-0.4, -0.2) is 17.5 Å². The van der Waals surface area contributed by atoms with Gasteiger partial charge in [-0.05, 0) is 39.1 Å². The molecule has 0 saturated carbocycles. The molecule has 0 aliphatic rings. The molecular weight excluding hydrogens is 298 g/mol. The van der Waals surface area contributed by atoms with Crippen LogP contribution in [0.1, 0.15) is 42.3 Å². The Morgan fingerprint density at radius 3 is 2.32 bits per heavy atom. The fourth-order valence-electron chi connectivity index (χ4n) is 1.84. The molecule has 0 radical (unpaired) electrons. The van der Waals surface area contributed by atoms with Crippen LogP contribution in [0.4, 0.5) is 9.80 Å². The predicted octanol–water partition coefficient (Wildman–Crippen LogP) is 4.63. The Morgan fingerprint density at radius 2 is 1.73 bits per heavy atom. The highest BCUT2D eigenvalue weighted by Crippen LogP contribution is 2.26. The van der Waals surface area contributed by atoms with E-state index in [4.69, 9.17) is 4.74 Å². The number of aryl methyl sites for hydroxylation is 1. The second-order valence-electron chi connectivity index (χ2n) is 5.99. The van der Waals surface area contributed by atoms with Crippen LogP contribution in [0.15, 0.2) is 35.7 Å². The van der Waals surface area contributed by atoms with Crippen molar-refractivity contribution in [3.05, 3.63) is 52.4 Å². The van der Waals surface area contributed by atoms with Crippen LogP contribution < -0.4 is 5.32 Å². The Kier molecular flexibility index (Phi) is 4.66. The average molecular weight is 317 g/mol. The van der Waals surface area contributed by atoms with Crippen molar-refractivity contribution in [2.45, 2.75) is 33.3 Å². The second kappa shape index (κ2) is 6.32. The number of ether oxygens (including phenoxy) is 1. The first-order valence-corrected chi connectivity index (χ1v) is 7.83. The number of benzene rings is 1. The number of amides is 1. The van der Waals surface area contributed by atoms with Gasteiger partial charge >= 0.3 is 6.09 Å². The molecule has 116 valence electrons. The number of thiophene rings is 1. The van der Waals surface area contributed by atoms with Crippen molar-refractivity contribution in [3.8, 4) is 0 Å². The second-order valence-corrected chi connectivity index (χ2v) is 6.90. The van der Waals surface area contributed by atoms with Crippen molar-refractivity contribution in [1.29, 1.82) is 0 Å². The molecule has 1 N–H and O–H groups in total. The lowest BCUT2D eigenvalue weighted by Crippen LogP contribution is -2.27. The zero-order valence-electron chi connectivity index (χ0n) is 13.1. The maximum absolute atomic E-state index is 12.5. The first-order valence-electron chi connectivity index (χ1n) is 6.95. The molecule has 1 aromatic carbocycles. The van der Waals surface area contributed by atoms with Crippen LogP contribution in [0.5, 0.6) is 0 Å². The summed E-state index contributed by atoms with van der Waals surface area (Å²) in [6.07, 6.45) is -0.562. The third-order valence-electron chi connectivity index (χ3n) is 2.84. The molecule has 2 aromatic rings. The minimum atomic E-state index is -0.581. The van der Waals surface area contributed by atoms with Crippen LogP contribution >= 0.6 is 11.3 Å². The number of rotatable bonds is 3. The van der Waals surface area contributed by atoms with Gasteiger partial charge in [-0.1, -0.05) is 29.8 Å². The lowest BCUT2D eigenvalue weighted by atomic mass is 10.0. The lowest BCUT2D eigenvalue weighted by molar-refractivity contribution is 0.0636. The first kappa shape index (κ1) is 16.2. The minimum Gasteiger partial charge on any atom is -0.444 e. The van der Waals surface area contributed by atoms with Crippen molar-refractivity contribution in [2.24, 2.45) is 0 Å². The van der Waals surface area contributed by atoms with Gasteiger partial charge in [0.05, 0.1) is 5.56 Å². The number of hydrogen-bond acceptors (Lipinski definition) is 4. The molecule has 0 fully saturated rings. The van der Waals surface area contributed by atoms with E-state index in [1.54, 1.807) is 44.4 Å². The monoisotopic (exact) mass is 317 g/mol. The van der Waals surface area contributed by atoms with Gasteiger partial charge in [0, 0.05) is 5.56 Å². The van der Waals surface area contributed by atoms with E-state index < -0.39 is 11.7 Å². The molecule has 0 unspecified atom stereocenters. The highest BCUT2D eigenvalue weighted by Gasteiger charge is 2.20. The van der Waals surface area contributed by atoms with Gasteiger partial charge < -0.3 is 4.74 Å².